The van der Waals surface area contributed by atoms with Crippen molar-refractivity contribution in [2.75, 3.05) is 19.8 Å². The third kappa shape index (κ3) is 5.25. The zero-order chi connectivity index (χ0) is 18.4. The number of ether oxygens (including phenoxy) is 3. The molecular weight excluding hydrogens is 358 g/mol. The molecule has 0 aromatic heterocycles. The van der Waals surface area contributed by atoms with Crippen LogP contribution in [0.3, 0.4) is 0 Å². The van der Waals surface area contributed by atoms with Gasteiger partial charge in [0.05, 0.1) is 11.6 Å². The third-order valence-corrected chi connectivity index (χ3v) is 4.03. The lowest BCUT2D eigenvalue weighted by atomic mass is 10.1. The molecule has 0 aliphatic carbocycles. The summed E-state index contributed by atoms with van der Waals surface area (Å²) in [4.78, 5) is 0.257. The van der Waals surface area contributed by atoms with E-state index in [9.17, 15) is 0 Å². The Hall–Kier alpha value is -1.98. The van der Waals surface area contributed by atoms with Gasteiger partial charge in [0.2, 0.25) is 0 Å². The normalized spacial score (nSPS) is 10.4. The monoisotopic (exact) mass is 379 g/mol. The highest BCUT2D eigenvalue weighted by molar-refractivity contribution is 7.80. The Morgan fingerprint density at radius 3 is 2.40 bits per heavy atom. The van der Waals surface area contributed by atoms with Gasteiger partial charge in [-0.25, -0.2) is 0 Å². The first-order chi connectivity index (χ1) is 11.9. The van der Waals surface area contributed by atoms with E-state index in [-0.39, 0.29) is 4.99 Å². The average molecular weight is 380 g/mol. The number of thiocarbonyl (C=S) groups is 1. The van der Waals surface area contributed by atoms with E-state index >= 15 is 0 Å². The molecule has 2 aromatic rings. The zero-order valence-electron chi connectivity index (χ0n) is 14.6. The standard InChI is InChI=1S/C19H22ClNO3S/c1-4-22-17-11-14(19(21)25)10-15(20)18(17)24-8-7-23-16-6-5-12(2)9-13(16)3/h5-6,9-11H,4,7-8H2,1-3H3,(H2,21,25). The molecule has 0 aliphatic rings. The van der Waals surface area contributed by atoms with Gasteiger partial charge < -0.3 is 19.9 Å². The quantitative estimate of drug-likeness (QED) is 0.542. The zero-order valence-corrected chi connectivity index (χ0v) is 16.2. The van der Waals surface area contributed by atoms with Gasteiger partial charge in [0.15, 0.2) is 11.5 Å². The van der Waals surface area contributed by atoms with E-state index in [1.807, 2.05) is 32.9 Å². The lowest BCUT2D eigenvalue weighted by Crippen LogP contribution is -2.13. The second-order valence-electron chi connectivity index (χ2n) is 5.55. The highest BCUT2D eigenvalue weighted by Gasteiger charge is 2.14. The van der Waals surface area contributed by atoms with E-state index in [0.29, 0.717) is 41.9 Å². The average Bonchev–Trinajstić information content (AvgIpc) is 2.55. The summed E-state index contributed by atoms with van der Waals surface area (Å²) in [6.07, 6.45) is 0. The molecule has 6 heteroatoms. The first kappa shape index (κ1) is 19.3. The molecule has 0 radical (unpaired) electrons. The van der Waals surface area contributed by atoms with Gasteiger partial charge in [0.1, 0.15) is 24.0 Å². The Morgan fingerprint density at radius 2 is 1.76 bits per heavy atom. The maximum absolute atomic E-state index is 6.29. The van der Waals surface area contributed by atoms with Crippen molar-refractivity contribution in [1.29, 1.82) is 0 Å². The maximum atomic E-state index is 6.29. The van der Waals surface area contributed by atoms with Crippen LogP contribution < -0.4 is 19.9 Å². The predicted molar refractivity (Wildman–Crippen MR) is 105 cm³/mol. The molecule has 2 rings (SSSR count). The largest absolute Gasteiger partial charge is 0.490 e. The molecule has 0 atom stereocenters. The minimum Gasteiger partial charge on any atom is -0.490 e. The molecule has 0 aliphatic heterocycles. The highest BCUT2D eigenvalue weighted by atomic mass is 35.5. The molecule has 25 heavy (non-hydrogen) atoms. The second kappa shape index (κ2) is 8.92. The van der Waals surface area contributed by atoms with Crippen molar-refractivity contribution in [1.82, 2.24) is 0 Å². The minimum absolute atomic E-state index is 0.257. The molecule has 0 amide bonds. The van der Waals surface area contributed by atoms with Crippen LogP contribution in [0.2, 0.25) is 5.02 Å². The van der Waals surface area contributed by atoms with Crippen molar-refractivity contribution in [3.63, 3.8) is 0 Å². The maximum Gasteiger partial charge on any atom is 0.179 e. The van der Waals surface area contributed by atoms with Gasteiger partial charge in [-0.3, -0.25) is 0 Å². The van der Waals surface area contributed by atoms with Crippen LogP contribution in [-0.2, 0) is 0 Å². The molecular formula is C19H22ClNO3S. The van der Waals surface area contributed by atoms with Crippen molar-refractivity contribution >= 4 is 28.8 Å². The van der Waals surface area contributed by atoms with Crippen LogP contribution in [0.25, 0.3) is 0 Å². The van der Waals surface area contributed by atoms with Crippen LogP contribution in [-0.4, -0.2) is 24.8 Å². The molecule has 0 saturated heterocycles. The fourth-order valence-electron chi connectivity index (χ4n) is 2.37. The summed E-state index contributed by atoms with van der Waals surface area (Å²) in [6, 6.07) is 9.46. The lowest BCUT2D eigenvalue weighted by molar-refractivity contribution is 0.208. The van der Waals surface area contributed by atoms with Crippen molar-refractivity contribution in [3.05, 3.63) is 52.0 Å². The Kier molecular flexibility index (Phi) is 6.91. The summed E-state index contributed by atoms with van der Waals surface area (Å²) in [5, 5.41) is 0.403. The summed E-state index contributed by atoms with van der Waals surface area (Å²) in [6.45, 7) is 7.15. The number of rotatable bonds is 8. The molecule has 2 N–H and O–H groups in total. The van der Waals surface area contributed by atoms with Gasteiger partial charge >= 0.3 is 0 Å². The van der Waals surface area contributed by atoms with Crippen LogP contribution in [0.4, 0.5) is 0 Å². The van der Waals surface area contributed by atoms with E-state index in [1.54, 1.807) is 12.1 Å². The van der Waals surface area contributed by atoms with Gasteiger partial charge in [0.25, 0.3) is 0 Å². The molecule has 134 valence electrons. The molecule has 2 aromatic carbocycles. The van der Waals surface area contributed by atoms with Gasteiger partial charge in [-0.2, -0.15) is 0 Å². The minimum atomic E-state index is 0.257. The first-order valence-electron chi connectivity index (χ1n) is 8.01. The Morgan fingerprint density at radius 1 is 1.04 bits per heavy atom. The smallest absolute Gasteiger partial charge is 0.179 e. The van der Waals surface area contributed by atoms with Crippen molar-refractivity contribution in [2.24, 2.45) is 5.73 Å². The molecule has 0 spiro atoms. The van der Waals surface area contributed by atoms with Crippen LogP contribution in [0.5, 0.6) is 17.2 Å². The topological polar surface area (TPSA) is 53.7 Å². The van der Waals surface area contributed by atoms with Crippen LogP contribution in [0, 0.1) is 13.8 Å². The van der Waals surface area contributed by atoms with E-state index in [2.05, 4.69) is 6.07 Å². The summed E-state index contributed by atoms with van der Waals surface area (Å²) >= 11 is 11.3. The molecule has 4 nitrogen and oxygen atoms in total. The predicted octanol–water partition coefficient (Wildman–Crippen LogP) is 4.45. The molecule has 0 saturated carbocycles. The van der Waals surface area contributed by atoms with E-state index in [4.69, 9.17) is 43.8 Å². The van der Waals surface area contributed by atoms with Gasteiger partial charge in [-0.1, -0.05) is 41.5 Å². The molecule has 0 fully saturated rings. The van der Waals surface area contributed by atoms with Gasteiger partial charge in [-0.15, -0.1) is 0 Å². The highest BCUT2D eigenvalue weighted by Crippen LogP contribution is 2.36. The Bertz CT molecular complexity index is 765. The Labute approximate surface area is 158 Å². The van der Waals surface area contributed by atoms with Crippen LogP contribution in [0.1, 0.15) is 23.6 Å². The summed E-state index contributed by atoms with van der Waals surface area (Å²) in [5.41, 5.74) is 8.60. The number of halogens is 1. The first-order valence-corrected chi connectivity index (χ1v) is 8.80. The van der Waals surface area contributed by atoms with Crippen LogP contribution in [0.15, 0.2) is 30.3 Å². The van der Waals surface area contributed by atoms with Gasteiger partial charge in [-0.05, 0) is 44.5 Å². The van der Waals surface area contributed by atoms with E-state index in [1.165, 1.54) is 5.56 Å². The van der Waals surface area contributed by atoms with Crippen molar-refractivity contribution in [3.8, 4) is 17.2 Å². The van der Waals surface area contributed by atoms with E-state index in [0.717, 1.165) is 11.3 Å². The summed E-state index contributed by atoms with van der Waals surface area (Å²) < 4.78 is 17.1. The lowest BCUT2D eigenvalue weighted by Gasteiger charge is -2.15. The Balaban J connectivity index is 2.03. The fraction of sp³-hybridized carbons (Fsp3) is 0.316. The van der Waals surface area contributed by atoms with E-state index < -0.39 is 0 Å². The second-order valence-corrected chi connectivity index (χ2v) is 6.40. The molecule has 0 unspecified atom stereocenters. The number of hydrogen-bond donors (Lipinski definition) is 1. The number of hydrogen-bond acceptors (Lipinski definition) is 4. The van der Waals surface area contributed by atoms with Crippen molar-refractivity contribution < 1.29 is 14.2 Å². The number of benzene rings is 2. The van der Waals surface area contributed by atoms with Crippen LogP contribution >= 0.6 is 23.8 Å². The summed E-state index contributed by atoms with van der Waals surface area (Å²) in [5.74, 6) is 1.83. The SMILES string of the molecule is CCOc1cc(C(N)=S)cc(Cl)c1OCCOc1ccc(C)cc1C. The van der Waals surface area contributed by atoms with Crippen molar-refractivity contribution in [2.45, 2.75) is 20.8 Å². The number of nitrogens with two attached hydrogens (primary N) is 1. The van der Waals surface area contributed by atoms with Gasteiger partial charge in [0, 0.05) is 5.56 Å². The number of aryl methyl sites for hydroxylation is 2. The third-order valence-electron chi connectivity index (χ3n) is 3.51. The fourth-order valence-corrected chi connectivity index (χ4v) is 2.75. The molecule has 0 heterocycles. The molecule has 0 bridgehead atoms. The summed E-state index contributed by atoms with van der Waals surface area (Å²) in [7, 11) is 0.